The van der Waals surface area contributed by atoms with Crippen molar-refractivity contribution in [3.05, 3.63) is 0 Å². The van der Waals surface area contributed by atoms with Crippen molar-refractivity contribution in [2.24, 2.45) is 52.3 Å². The monoisotopic (exact) mass is 429 g/mol. The highest BCUT2D eigenvalue weighted by atomic mass is 16.1. The minimum absolute atomic E-state index is 0.193. The van der Waals surface area contributed by atoms with Crippen LogP contribution in [-0.4, -0.2) is 11.9 Å². The second kappa shape index (κ2) is 9.02. The number of carbonyl (C=O) groups is 1. The summed E-state index contributed by atoms with van der Waals surface area (Å²) in [6.45, 7) is 14.4. The molecular weight excluding hydrogens is 378 g/mol. The van der Waals surface area contributed by atoms with Crippen molar-refractivity contribution in [3.8, 4) is 0 Å². The van der Waals surface area contributed by atoms with Crippen LogP contribution in [-0.2, 0) is 4.79 Å². The van der Waals surface area contributed by atoms with Gasteiger partial charge < -0.3 is 5.32 Å². The summed E-state index contributed by atoms with van der Waals surface area (Å²) in [7, 11) is 0. The Morgan fingerprint density at radius 3 is 2.35 bits per heavy atom. The molecule has 0 aromatic carbocycles. The Bertz CT molecular complexity index is 643. The fourth-order valence-electron chi connectivity index (χ4n) is 9.84. The van der Waals surface area contributed by atoms with E-state index in [-0.39, 0.29) is 5.91 Å². The minimum Gasteiger partial charge on any atom is -0.353 e. The fourth-order valence-corrected chi connectivity index (χ4v) is 9.84. The lowest BCUT2D eigenvalue weighted by atomic mass is 9.43. The third-order valence-electron chi connectivity index (χ3n) is 11.2. The first-order chi connectivity index (χ1) is 14.7. The van der Waals surface area contributed by atoms with Crippen molar-refractivity contribution >= 4 is 5.91 Å². The maximum atomic E-state index is 12.1. The molecule has 4 aliphatic rings. The van der Waals surface area contributed by atoms with Gasteiger partial charge >= 0.3 is 0 Å². The quantitative estimate of drug-likeness (QED) is 0.462. The number of fused-ring (bicyclic) bond motifs is 5. The molecule has 0 bridgehead atoms. The van der Waals surface area contributed by atoms with Gasteiger partial charge in [-0.15, -0.1) is 0 Å². The highest BCUT2D eigenvalue weighted by Crippen LogP contribution is 2.68. The van der Waals surface area contributed by atoms with Gasteiger partial charge in [-0.05, 0) is 97.2 Å². The van der Waals surface area contributed by atoms with Crippen molar-refractivity contribution in [1.82, 2.24) is 5.32 Å². The van der Waals surface area contributed by atoms with E-state index in [2.05, 4.69) is 39.9 Å². The lowest BCUT2D eigenvalue weighted by Crippen LogP contribution is -2.60. The number of nitrogens with one attached hydrogen (secondary N) is 1. The molecule has 31 heavy (non-hydrogen) atoms. The van der Waals surface area contributed by atoms with E-state index in [9.17, 15) is 4.79 Å². The molecule has 0 unspecified atom stereocenters. The SMILES string of the molecule is CC(=O)N[C@H]1C[C@H]2[C@H]3CC[C@@H]([C@H](C)CCCC(C)C)[C@@]3(C)CC[C@@H]2[C@@]2(C)CCCC[C@H]12. The maximum absolute atomic E-state index is 12.1. The Morgan fingerprint density at radius 2 is 1.65 bits per heavy atom. The van der Waals surface area contributed by atoms with E-state index in [0.29, 0.717) is 22.8 Å². The van der Waals surface area contributed by atoms with Gasteiger partial charge in [0.2, 0.25) is 5.91 Å². The first kappa shape index (κ1) is 23.6. The molecule has 0 spiro atoms. The molecule has 9 atom stereocenters. The second-order valence-corrected chi connectivity index (χ2v) is 13.3. The van der Waals surface area contributed by atoms with E-state index in [1.165, 1.54) is 77.0 Å². The van der Waals surface area contributed by atoms with Crippen molar-refractivity contribution in [3.63, 3.8) is 0 Å². The number of rotatable bonds is 6. The van der Waals surface area contributed by atoms with Crippen LogP contribution in [0.3, 0.4) is 0 Å². The van der Waals surface area contributed by atoms with Gasteiger partial charge in [-0.2, -0.15) is 0 Å². The highest BCUT2D eigenvalue weighted by Gasteiger charge is 2.61. The third-order valence-corrected chi connectivity index (χ3v) is 11.2. The standard InChI is InChI=1S/C29H51NO/c1-19(2)10-9-11-20(3)23-13-14-24-22-18-27(30-21(4)31)26-12-7-8-16-28(26,5)25(22)15-17-29(23,24)6/h19-20,22-27H,7-18H2,1-6H3,(H,30,31)/t20-,22+,23+,24-,25+,26-,27+,28-,29-/m1/s1. The van der Waals surface area contributed by atoms with E-state index in [1.807, 2.05) is 0 Å². The van der Waals surface area contributed by atoms with Crippen molar-refractivity contribution < 1.29 is 4.79 Å². The van der Waals surface area contributed by atoms with Crippen LogP contribution < -0.4 is 5.32 Å². The molecule has 4 fully saturated rings. The topological polar surface area (TPSA) is 29.1 Å². The molecular formula is C29H51NO. The number of carbonyl (C=O) groups excluding carboxylic acids is 1. The van der Waals surface area contributed by atoms with Crippen molar-refractivity contribution in [1.29, 1.82) is 0 Å². The molecule has 2 nitrogen and oxygen atoms in total. The first-order valence-corrected chi connectivity index (χ1v) is 13.9. The molecule has 1 N–H and O–H groups in total. The van der Waals surface area contributed by atoms with Crippen LogP contribution in [0.25, 0.3) is 0 Å². The van der Waals surface area contributed by atoms with Gasteiger partial charge in [0.25, 0.3) is 0 Å². The molecule has 0 radical (unpaired) electrons. The van der Waals surface area contributed by atoms with Gasteiger partial charge in [0.1, 0.15) is 0 Å². The lowest BCUT2D eigenvalue weighted by molar-refractivity contribution is -0.136. The van der Waals surface area contributed by atoms with Gasteiger partial charge in [-0.1, -0.05) is 66.7 Å². The molecule has 0 heterocycles. The number of amides is 1. The van der Waals surface area contributed by atoms with Crippen molar-refractivity contribution in [2.75, 3.05) is 0 Å². The van der Waals surface area contributed by atoms with Crippen LogP contribution in [0.4, 0.5) is 0 Å². The van der Waals surface area contributed by atoms with Crippen LogP contribution in [0.15, 0.2) is 0 Å². The van der Waals surface area contributed by atoms with E-state index in [4.69, 9.17) is 0 Å². The molecule has 2 heteroatoms. The van der Waals surface area contributed by atoms with E-state index >= 15 is 0 Å². The summed E-state index contributed by atoms with van der Waals surface area (Å²) in [6, 6.07) is 0.425. The molecule has 1 amide bonds. The summed E-state index contributed by atoms with van der Waals surface area (Å²) in [5, 5.41) is 3.47. The Hall–Kier alpha value is -0.530. The van der Waals surface area contributed by atoms with E-state index in [0.717, 1.165) is 35.5 Å². The third kappa shape index (κ3) is 4.23. The molecule has 0 saturated heterocycles. The average Bonchev–Trinajstić information content (AvgIpc) is 3.04. The minimum atomic E-state index is 0.193. The zero-order chi connectivity index (χ0) is 22.4. The predicted molar refractivity (Wildman–Crippen MR) is 131 cm³/mol. The van der Waals surface area contributed by atoms with E-state index in [1.54, 1.807) is 6.92 Å². The first-order valence-electron chi connectivity index (χ1n) is 13.9. The number of hydrogen-bond acceptors (Lipinski definition) is 1. The summed E-state index contributed by atoms with van der Waals surface area (Å²) in [5.41, 5.74) is 0.994. The van der Waals surface area contributed by atoms with Crippen molar-refractivity contribution in [2.45, 2.75) is 125 Å². The Labute approximate surface area is 193 Å². The Kier molecular flexibility index (Phi) is 6.87. The maximum Gasteiger partial charge on any atom is 0.217 e. The largest absolute Gasteiger partial charge is 0.353 e. The fraction of sp³-hybridized carbons (Fsp3) is 0.966. The van der Waals surface area contributed by atoms with Crippen LogP contribution in [0.1, 0.15) is 119 Å². The zero-order valence-electron chi connectivity index (χ0n) is 21.5. The Morgan fingerprint density at radius 1 is 0.903 bits per heavy atom. The van der Waals surface area contributed by atoms with Gasteiger partial charge in [0.05, 0.1) is 0 Å². The smallest absolute Gasteiger partial charge is 0.217 e. The van der Waals surface area contributed by atoms with Gasteiger partial charge in [0, 0.05) is 13.0 Å². The summed E-state index contributed by atoms with van der Waals surface area (Å²) >= 11 is 0. The molecule has 4 rings (SSSR count). The molecule has 4 aliphatic carbocycles. The van der Waals surface area contributed by atoms with Crippen LogP contribution >= 0.6 is 0 Å². The molecule has 0 aromatic rings. The summed E-state index contributed by atoms with van der Waals surface area (Å²) in [5.74, 6) is 6.16. The molecule has 178 valence electrons. The van der Waals surface area contributed by atoms with E-state index < -0.39 is 0 Å². The summed E-state index contributed by atoms with van der Waals surface area (Å²) in [4.78, 5) is 12.1. The normalized spacial score (nSPS) is 45.5. The van der Waals surface area contributed by atoms with Crippen LogP contribution in [0.2, 0.25) is 0 Å². The Balaban J connectivity index is 1.54. The average molecular weight is 430 g/mol. The summed E-state index contributed by atoms with van der Waals surface area (Å²) in [6.07, 6.45) is 16.8. The highest BCUT2D eigenvalue weighted by molar-refractivity contribution is 5.73. The molecule has 0 aliphatic heterocycles. The molecule has 0 aromatic heterocycles. The van der Waals surface area contributed by atoms with Crippen LogP contribution in [0, 0.1) is 52.3 Å². The lowest BCUT2D eigenvalue weighted by Gasteiger charge is -2.62. The molecule has 4 saturated carbocycles. The predicted octanol–water partition coefficient (Wildman–Crippen LogP) is 7.61. The van der Waals surface area contributed by atoms with Gasteiger partial charge in [-0.25, -0.2) is 0 Å². The second-order valence-electron chi connectivity index (χ2n) is 13.3. The van der Waals surface area contributed by atoms with Gasteiger partial charge in [0.15, 0.2) is 0 Å². The van der Waals surface area contributed by atoms with Gasteiger partial charge in [-0.3, -0.25) is 4.79 Å². The van der Waals surface area contributed by atoms with Crippen LogP contribution in [0.5, 0.6) is 0 Å². The zero-order valence-corrected chi connectivity index (χ0v) is 21.5. The number of hydrogen-bond donors (Lipinski definition) is 1. The summed E-state index contributed by atoms with van der Waals surface area (Å²) < 4.78 is 0.